The first-order chi connectivity index (χ1) is 7.66. The van der Waals surface area contributed by atoms with Gasteiger partial charge in [-0.05, 0) is 17.7 Å². The van der Waals surface area contributed by atoms with Crippen LogP contribution in [0.3, 0.4) is 0 Å². The molecule has 5 heteroatoms. The van der Waals surface area contributed by atoms with Gasteiger partial charge in [-0.15, -0.1) is 11.8 Å². The molecule has 1 unspecified atom stereocenters. The number of carboxylic acids is 1. The average molecular weight is 239 g/mol. The van der Waals surface area contributed by atoms with Crippen molar-refractivity contribution in [2.75, 3.05) is 13.2 Å². The predicted octanol–water partition coefficient (Wildman–Crippen LogP) is 1.26. The number of ether oxygens (including phenoxy) is 1. The third-order valence-electron chi connectivity index (χ3n) is 2.42. The Balaban J connectivity index is 2.00. The minimum absolute atomic E-state index is 0.527. The number of hydrogen-bond acceptors (Lipinski definition) is 4. The van der Waals surface area contributed by atoms with E-state index in [9.17, 15) is 4.79 Å². The lowest BCUT2D eigenvalue weighted by Gasteiger charge is -2.25. The van der Waals surface area contributed by atoms with E-state index in [-0.39, 0.29) is 0 Å². The van der Waals surface area contributed by atoms with Crippen LogP contribution in [0.25, 0.3) is 0 Å². The number of nitrogens with two attached hydrogens (primary N) is 1. The lowest BCUT2D eigenvalue weighted by Crippen LogP contribution is -2.30. The average Bonchev–Trinajstić information content (AvgIpc) is 2.23. The first kappa shape index (κ1) is 11.4. The van der Waals surface area contributed by atoms with Crippen molar-refractivity contribution < 1.29 is 14.6 Å². The Morgan fingerprint density at radius 2 is 2.06 bits per heavy atom. The van der Waals surface area contributed by atoms with E-state index < -0.39 is 12.0 Å². The van der Waals surface area contributed by atoms with E-state index in [1.54, 1.807) is 23.9 Å². The van der Waals surface area contributed by atoms with E-state index in [1.165, 1.54) is 0 Å². The lowest BCUT2D eigenvalue weighted by molar-refractivity contribution is -0.138. The van der Waals surface area contributed by atoms with E-state index in [0.29, 0.717) is 10.8 Å². The molecule has 4 nitrogen and oxygen atoms in total. The van der Waals surface area contributed by atoms with Crippen LogP contribution in [-0.2, 0) is 9.53 Å². The zero-order valence-electron chi connectivity index (χ0n) is 8.63. The molecule has 1 aromatic rings. The highest BCUT2D eigenvalue weighted by molar-refractivity contribution is 8.00. The molecule has 1 fully saturated rings. The second kappa shape index (κ2) is 4.86. The van der Waals surface area contributed by atoms with Gasteiger partial charge in [-0.1, -0.05) is 12.1 Å². The van der Waals surface area contributed by atoms with Crippen molar-refractivity contribution in [2.45, 2.75) is 16.2 Å². The van der Waals surface area contributed by atoms with Gasteiger partial charge in [0.05, 0.1) is 18.5 Å². The summed E-state index contributed by atoms with van der Waals surface area (Å²) in [7, 11) is 0. The molecule has 1 saturated heterocycles. The van der Waals surface area contributed by atoms with Crippen LogP contribution in [0.5, 0.6) is 0 Å². The maximum absolute atomic E-state index is 10.7. The number of benzene rings is 1. The number of hydrogen-bond donors (Lipinski definition) is 2. The summed E-state index contributed by atoms with van der Waals surface area (Å²) in [6.07, 6.45) is 0. The molecule has 0 spiro atoms. The molecule has 2 rings (SSSR count). The summed E-state index contributed by atoms with van der Waals surface area (Å²) in [5, 5.41) is 9.28. The fourth-order valence-electron chi connectivity index (χ4n) is 1.37. The van der Waals surface area contributed by atoms with Gasteiger partial charge in [-0.25, -0.2) is 0 Å². The van der Waals surface area contributed by atoms with Gasteiger partial charge in [0.15, 0.2) is 0 Å². The van der Waals surface area contributed by atoms with Gasteiger partial charge in [-0.2, -0.15) is 0 Å². The molecule has 0 aliphatic carbocycles. The number of thioether (sulfide) groups is 1. The summed E-state index contributed by atoms with van der Waals surface area (Å²) in [5.41, 5.74) is 6.13. The summed E-state index contributed by atoms with van der Waals surface area (Å²) in [6.45, 7) is 1.59. The summed E-state index contributed by atoms with van der Waals surface area (Å²) in [5.74, 6) is -1.01. The maximum Gasteiger partial charge on any atom is 0.325 e. The first-order valence-corrected chi connectivity index (χ1v) is 5.87. The molecule has 0 aromatic heterocycles. The van der Waals surface area contributed by atoms with E-state index >= 15 is 0 Å². The molecule has 16 heavy (non-hydrogen) atoms. The van der Waals surface area contributed by atoms with Crippen molar-refractivity contribution in [1.82, 2.24) is 0 Å². The molecule has 3 N–H and O–H groups in total. The Morgan fingerprint density at radius 1 is 1.44 bits per heavy atom. The Hall–Kier alpha value is -1.04. The van der Waals surface area contributed by atoms with E-state index in [0.717, 1.165) is 18.1 Å². The Kier molecular flexibility index (Phi) is 3.48. The minimum atomic E-state index is -1.01. The Bertz CT molecular complexity index is 375. The molecule has 0 saturated carbocycles. The fraction of sp³-hybridized carbons (Fsp3) is 0.364. The topological polar surface area (TPSA) is 72.6 Å². The zero-order chi connectivity index (χ0) is 11.5. The van der Waals surface area contributed by atoms with Crippen molar-refractivity contribution in [3.63, 3.8) is 0 Å². The predicted molar refractivity (Wildman–Crippen MR) is 61.5 cm³/mol. The van der Waals surface area contributed by atoms with Crippen molar-refractivity contribution in [1.29, 1.82) is 0 Å². The van der Waals surface area contributed by atoms with Crippen LogP contribution >= 0.6 is 11.8 Å². The standard InChI is InChI=1S/C11H13NO3S/c12-10(11(13)14)7-1-3-8(4-2-7)16-9-5-15-6-9/h1-4,9-10H,5-6,12H2,(H,13,14). The van der Waals surface area contributed by atoms with Crippen LogP contribution < -0.4 is 5.73 Å². The van der Waals surface area contributed by atoms with Crippen LogP contribution in [0, 0.1) is 0 Å². The first-order valence-electron chi connectivity index (χ1n) is 4.99. The van der Waals surface area contributed by atoms with Crippen LogP contribution in [0.2, 0.25) is 0 Å². The molecular formula is C11H13NO3S. The molecule has 0 radical (unpaired) electrons. The highest BCUT2D eigenvalue weighted by Gasteiger charge is 2.20. The summed E-state index contributed by atoms with van der Waals surface area (Å²) >= 11 is 1.75. The van der Waals surface area contributed by atoms with E-state index in [4.69, 9.17) is 15.6 Å². The third kappa shape index (κ3) is 2.55. The molecule has 1 atom stereocenters. The fourth-order valence-corrected chi connectivity index (χ4v) is 2.38. The van der Waals surface area contributed by atoms with Gasteiger partial charge >= 0.3 is 5.97 Å². The number of rotatable bonds is 4. The highest BCUT2D eigenvalue weighted by Crippen LogP contribution is 2.28. The number of carbonyl (C=O) groups is 1. The molecule has 0 amide bonds. The zero-order valence-corrected chi connectivity index (χ0v) is 9.44. The van der Waals surface area contributed by atoms with E-state index in [1.807, 2.05) is 12.1 Å². The summed E-state index contributed by atoms with van der Waals surface area (Å²) in [6, 6.07) is 6.40. The van der Waals surface area contributed by atoms with E-state index in [2.05, 4.69) is 0 Å². The van der Waals surface area contributed by atoms with Gasteiger partial charge < -0.3 is 15.6 Å². The Morgan fingerprint density at radius 3 is 2.50 bits per heavy atom. The van der Waals surface area contributed by atoms with Gasteiger partial charge in [-0.3, -0.25) is 4.79 Å². The quantitative estimate of drug-likeness (QED) is 0.827. The molecule has 1 aliphatic heterocycles. The van der Waals surface area contributed by atoms with Crippen LogP contribution in [0.1, 0.15) is 11.6 Å². The normalized spacial score (nSPS) is 17.8. The van der Waals surface area contributed by atoms with Crippen molar-refractivity contribution >= 4 is 17.7 Å². The van der Waals surface area contributed by atoms with Crippen LogP contribution in [-0.4, -0.2) is 29.5 Å². The van der Waals surface area contributed by atoms with Crippen LogP contribution in [0.4, 0.5) is 0 Å². The highest BCUT2D eigenvalue weighted by atomic mass is 32.2. The molecular weight excluding hydrogens is 226 g/mol. The molecule has 1 heterocycles. The molecule has 1 aromatic carbocycles. The smallest absolute Gasteiger partial charge is 0.325 e. The largest absolute Gasteiger partial charge is 0.480 e. The third-order valence-corrected chi connectivity index (χ3v) is 3.57. The molecule has 86 valence electrons. The minimum Gasteiger partial charge on any atom is -0.480 e. The monoisotopic (exact) mass is 239 g/mol. The second-order valence-electron chi connectivity index (χ2n) is 3.66. The number of carboxylic acid groups (broad SMARTS) is 1. The van der Waals surface area contributed by atoms with Gasteiger partial charge in [0.2, 0.25) is 0 Å². The lowest BCUT2D eigenvalue weighted by atomic mass is 10.1. The second-order valence-corrected chi connectivity index (χ2v) is 5.04. The summed E-state index contributed by atoms with van der Waals surface area (Å²) in [4.78, 5) is 11.8. The van der Waals surface area contributed by atoms with Gasteiger partial charge in [0.1, 0.15) is 6.04 Å². The van der Waals surface area contributed by atoms with Crippen molar-refractivity contribution in [3.8, 4) is 0 Å². The maximum atomic E-state index is 10.7. The molecule has 1 aliphatic rings. The van der Waals surface area contributed by atoms with Crippen molar-refractivity contribution in [3.05, 3.63) is 29.8 Å². The van der Waals surface area contributed by atoms with Crippen LogP contribution in [0.15, 0.2) is 29.2 Å². The molecule has 0 bridgehead atoms. The van der Waals surface area contributed by atoms with Crippen molar-refractivity contribution in [2.24, 2.45) is 5.73 Å². The number of aliphatic carboxylic acids is 1. The SMILES string of the molecule is NC(C(=O)O)c1ccc(SC2COC2)cc1. The van der Waals surface area contributed by atoms with Gasteiger partial charge in [0.25, 0.3) is 0 Å². The summed E-state index contributed by atoms with van der Waals surface area (Å²) < 4.78 is 5.08. The van der Waals surface area contributed by atoms with Gasteiger partial charge in [0, 0.05) is 4.90 Å². The Labute approximate surface area is 97.8 Å².